The number of carbonyl (C=O) groups is 2. The molecule has 15 heteroatoms. The molecule has 11 atom stereocenters. The maximum atomic E-state index is 13.0. The maximum Gasteiger partial charge on any atom is 0.306 e. The molecule has 2 aliphatic heterocycles. The standard InChI is InChI=1S/C49H90O15/c1-3-5-7-9-11-13-15-17-18-20-21-23-25-27-29-31-40(51)59-34-37(62-41(52)32-30-28-26-24-22-19-16-14-12-10-8-6-4-2)35-60-48-47(58)45(56)43(54)39(64-48)36-61-49-46(57)44(55)42(53)38(33-50)63-49/h17-18,37-39,42-50,53-58H,3-16,19-36H2,1-2H3/t37-,38-,39-,42+,43+,44+,45+,46-,47-,48-,49+/m1/s1. The van der Waals surface area contributed by atoms with Gasteiger partial charge in [0, 0.05) is 12.8 Å². The molecular formula is C49H90O15. The van der Waals surface area contributed by atoms with E-state index < -0.39 is 92.7 Å². The van der Waals surface area contributed by atoms with E-state index in [1.54, 1.807) is 0 Å². The van der Waals surface area contributed by atoms with Gasteiger partial charge in [-0.3, -0.25) is 9.59 Å². The van der Waals surface area contributed by atoms with Gasteiger partial charge in [0.2, 0.25) is 0 Å². The Morgan fingerprint density at radius 2 is 0.891 bits per heavy atom. The summed E-state index contributed by atoms with van der Waals surface area (Å²) < 4.78 is 33.5. The van der Waals surface area contributed by atoms with Gasteiger partial charge in [-0.25, -0.2) is 0 Å². The molecule has 0 aromatic rings. The molecule has 0 aromatic carbocycles. The minimum Gasteiger partial charge on any atom is -0.462 e. The van der Waals surface area contributed by atoms with Gasteiger partial charge in [0.1, 0.15) is 55.4 Å². The first-order valence-corrected chi connectivity index (χ1v) is 25.3. The van der Waals surface area contributed by atoms with Crippen molar-refractivity contribution in [1.82, 2.24) is 0 Å². The molecular weight excluding hydrogens is 829 g/mol. The lowest BCUT2D eigenvalue weighted by molar-refractivity contribution is -0.332. The Balaban J connectivity index is 1.82. The Bertz CT molecular complexity index is 1170. The average molecular weight is 919 g/mol. The summed E-state index contributed by atoms with van der Waals surface area (Å²) in [6, 6.07) is 0. The zero-order valence-electron chi connectivity index (χ0n) is 39.5. The summed E-state index contributed by atoms with van der Waals surface area (Å²) in [5.74, 6) is -0.926. The molecule has 0 saturated carbocycles. The second-order valence-corrected chi connectivity index (χ2v) is 18.0. The minimum absolute atomic E-state index is 0.169. The predicted molar refractivity (Wildman–Crippen MR) is 243 cm³/mol. The van der Waals surface area contributed by atoms with E-state index in [1.807, 2.05) is 0 Å². The molecule has 64 heavy (non-hydrogen) atoms. The van der Waals surface area contributed by atoms with Gasteiger partial charge in [-0.15, -0.1) is 0 Å². The molecule has 2 rings (SSSR count). The smallest absolute Gasteiger partial charge is 0.306 e. The van der Waals surface area contributed by atoms with Crippen LogP contribution in [0.25, 0.3) is 0 Å². The Morgan fingerprint density at radius 1 is 0.484 bits per heavy atom. The molecule has 0 radical (unpaired) electrons. The van der Waals surface area contributed by atoms with Gasteiger partial charge >= 0.3 is 11.9 Å². The van der Waals surface area contributed by atoms with Gasteiger partial charge in [0.25, 0.3) is 0 Å². The van der Waals surface area contributed by atoms with Crippen molar-refractivity contribution in [3.8, 4) is 0 Å². The Labute approximate surface area is 384 Å². The van der Waals surface area contributed by atoms with Crippen molar-refractivity contribution in [2.24, 2.45) is 0 Å². The first-order valence-electron chi connectivity index (χ1n) is 25.3. The van der Waals surface area contributed by atoms with E-state index in [2.05, 4.69) is 26.0 Å². The number of unbranched alkanes of at least 4 members (excludes halogenated alkanes) is 23. The Hall–Kier alpha value is -1.76. The number of aliphatic hydroxyl groups is 7. The van der Waals surface area contributed by atoms with Gasteiger partial charge in [-0.2, -0.15) is 0 Å². The van der Waals surface area contributed by atoms with E-state index in [4.69, 9.17) is 28.4 Å². The van der Waals surface area contributed by atoms with Crippen LogP contribution in [-0.4, -0.2) is 142 Å². The normalized spacial score (nSPS) is 26.6. The van der Waals surface area contributed by atoms with Crippen molar-refractivity contribution in [2.45, 2.75) is 261 Å². The Morgan fingerprint density at radius 3 is 1.38 bits per heavy atom. The summed E-state index contributed by atoms with van der Waals surface area (Å²) >= 11 is 0. The first-order chi connectivity index (χ1) is 31.0. The monoisotopic (exact) mass is 919 g/mol. The molecule has 376 valence electrons. The third-order valence-electron chi connectivity index (χ3n) is 12.2. The van der Waals surface area contributed by atoms with E-state index in [0.717, 1.165) is 57.8 Å². The summed E-state index contributed by atoms with van der Waals surface area (Å²) in [7, 11) is 0. The second-order valence-electron chi connectivity index (χ2n) is 18.0. The van der Waals surface area contributed by atoms with Gasteiger partial charge in [0.15, 0.2) is 18.7 Å². The van der Waals surface area contributed by atoms with Crippen LogP contribution in [0.5, 0.6) is 0 Å². The largest absolute Gasteiger partial charge is 0.462 e. The highest BCUT2D eigenvalue weighted by Gasteiger charge is 2.47. The predicted octanol–water partition coefficient (Wildman–Crippen LogP) is 6.60. The van der Waals surface area contributed by atoms with Crippen molar-refractivity contribution in [3.05, 3.63) is 12.2 Å². The van der Waals surface area contributed by atoms with Crippen LogP contribution in [-0.2, 0) is 38.0 Å². The lowest BCUT2D eigenvalue weighted by atomic mass is 9.98. The van der Waals surface area contributed by atoms with Crippen molar-refractivity contribution in [1.29, 1.82) is 0 Å². The summed E-state index contributed by atoms with van der Waals surface area (Å²) in [5, 5.41) is 72.0. The number of hydrogen-bond donors (Lipinski definition) is 7. The van der Waals surface area contributed by atoms with E-state index in [9.17, 15) is 45.3 Å². The van der Waals surface area contributed by atoms with E-state index >= 15 is 0 Å². The molecule has 0 spiro atoms. The molecule has 2 fully saturated rings. The van der Waals surface area contributed by atoms with Gasteiger partial charge in [0.05, 0.1) is 19.8 Å². The fourth-order valence-corrected chi connectivity index (χ4v) is 8.04. The van der Waals surface area contributed by atoms with Crippen LogP contribution in [0.2, 0.25) is 0 Å². The quantitative estimate of drug-likeness (QED) is 0.0196. The Kier molecular flexibility index (Phi) is 34.0. The zero-order chi connectivity index (χ0) is 46.8. The van der Waals surface area contributed by atoms with E-state index in [1.165, 1.54) is 96.3 Å². The molecule has 15 nitrogen and oxygen atoms in total. The van der Waals surface area contributed by atoms with Crippen molar-refractivity contribution in [2.75, 3.05) is 26.4 Å². The van der Waals surface area contributed by atoms with Crippen LogP contribution in [0.1, 0.15) is 194 Å². The highest BCUT2D eigenvalue weighted by Crippen LogP contribution is 2.26. The van der Waals surface area contributed by atoms with Gasteiger partial charge in [-0.1, -0.05) is 154 Å². The number of carbonyl (C=O) groups excluding carboxylic acids is 2. The summed E-state index contributed by atoms with van der Waals surface area (Å²) in [5.41, 5.74) is 0. The van der Waals surface area contributed by atoms with E-state index in [0.29, 0.717) is 12.8 Å². The topological polar surface area (TPSA) is 231 Å². The lowest BCUT2D eigenvalue weighted by Crippen LogP contribution is -2.61. The molecule has 0 unspecified atom stereocenters. The number of esters is 2. The molecule has 0 aliphatic carbocycles. The summed E-state index contributed by atoms with van der Waals surface area (Å²) in [6.07, 6.45) is 18.1. The molecule has 0 bridgehead atoms. The van der Waals surface area contributed by atoms with Crippen LogP contribution >= 0.6 is 0 Å². The fraction of sp³-hybridized carbons (Fsp3) is 0.918. The zero-order valence-corrected chi connectivity index (χ0v) is 39.5. The molecule has 2 saturated heterocycles. The average Bonchev–Trinajstić information content (AvgIpc) is 3.29. The summed E-state index contributed by atoms with van der Waals surface area (Å²) in [6.45, 7) is 2.58. The third kappa shape index (κ3) is 25.4. The SMILES string of the molecule is CCCCCCCCC=CCCCCCCCC(=O)OC[C@H](CO[C@@H]1O[C@H](CO[C@H]2O[C@H](CO)[C@H](O)[C@H](O)[C@H]2O)[C@H](O)[C@H](O)[C@H]1O)OC(=O)CCCCCCCCCCCCCCC. The lowest BCUT2D eigenvalue weighted by Gasteiger charge is -2.42. The molecule has 2 heterocycles. The number of allylic oxidation sites excluding steroid dienone is 2. The van der Waals surface area contributed by atoms with Crippen molar-refractivity contribution in [3.63, 3.8) is 0 Å². The number of hydrogen-bond acceptors (Lipinski definition) is 15. The van der Waals surface area contributed by atoms with Crippen molar-refractivity contribution >= 4 is 11.9 Å². The fourth-order valence-electron chi connectivity index (χ4n) is 8.04. The van der Waals surface area contributed by atoms with Crippen LogP contribution in [0, 0.1) is 0 Å². The highest BCUT2D eigenvalue weighted by molar-refractivity contribution is 5.70. The third-order valence-corrected chi connectivity index (χ3v) is 12.2. The van der Waals surface area contributed by atoms with Crippen molar-refractivity contribution < 1.29 is 73.8 Å². The van der Waals surface area contributed by atoms with Crippen LogP contribution in [0.15, 0.2) is 12.2 Å². The van der Waals surface area contributed by atoms with Gasteiger partial charge < -0.3 is 64.2 Å². The van der Waals surface area contributed by atoms with Crippen LogP contribution < -0.4 is 0 Å². The number of aliphatic hydroxyl groups excluding tert-OH is 7. The van der Waals surface area contributed by atoms with Gasteiger partial charge in [-0.05, 0) is 38.5 Å². The minimum atomic E-state index is -1.76. The molecule has 7 N–H and O–H groups in total. The molecule has 0 aromatic heterocycles. The maximum absolute atomic E-state index is 13.0. The molecule has 0 amide bonds. The molecule has 2 aliphatic rings. The first kappa shape index (κ1) is 58.4. The number of ether oxygens (including phenoxy) is 6. The highest BCUT2D eigenvalue weighted by atomic mass is 16.7. The summed E-state index contributed by atoms with van der Waals surface area (Å²) in [4.78, 5) is 25.7. The second kappa shape index (κ2) is 37.2. The van der Waals surface area contributed by atoms with Crippen LogP contribution in [0.4, 0.5) is 0 Å². The van der Waals surface area contributed by atoms with Crippen LogP contribution in [0.3, 0.4) is 0 Å². The number of rotatable bonds is 39. The van der Waals surface area contributed by atoms with E-state index in [-0.39, 0.29) is 26.1 Å².